The van der Waals surface area contributed by atoms with Gasteiger partial charge < -0.3 is 15.2 Å². The van der Waals surface area contributed by atoms with Crippen LogP contribution in [0.4, 0.5) is 16.2 Å². The summed E-state index contributed by atoms with van der Waals surface area (Å²) in [7, 11) is 0. The number of nitro groups is 2. The van der Waals surface area contributed by atoms with Crippen LogP contribution in [0.1, 0.15) is 32.8 Å². The van der Waals surface area contributed by atoms with Gasteiger partial charge in [-0.25, -0.2) is 9.59 Å². The van der Waals surface area contributed by atoms with Gasteiger partial charge in [0.2, 0.25) is 0 Å². The number of nitrogens with zero attached hydrogens (tertiary/aromatic N) is 2. The molecule has 142 valence electrons. The van der Waals surface area contributed by atoms with Crippen LogP contribution in [-0.4, -0.2) is 32.6 Å². The van der Waals surface area contributed by atoms with Crippen molar-refractivity contribution in [3.05, 3.63) is 44.0 Å². The first kappa shape index (κ1) is 20.8. The van der Waals surface area contributed by atoms with E-state index in [2.05, 4.69) is 5.32 Å². The zero-order valence-electron chi connectivity index (χ0n) is 14.4. The minimum absolute atomic E-state index is 0.0178. The summed E-state index contributed by atoms with van der Waals surface area (Å²) in [5.41, 5.74) is -2.57. The maximum absolute atomic E-state index is 11.9. The number of hydrogen-bond donors (Lipinski definition) is 2. The van der Waals surface area contributed by atoms with Crippen LogP contribution in [0.25, 0.3) is 0 Å². The molecule has 1 aromatic carbocycles. The zero-order chi connectivity index (χ0) is 20.1. The quantitative estimate of drug-likeness (QED) is 0.522. The molecule has 0 aromatic heterocycles. The number of ether oxygens (including phenoxy) is 1. The van der Waals surface area contributed by atoms with E-state index in [1.165, 1.54) is 6.92 Å². The Bertz CT molecular complexity index is 701. The highest BCUT2D eigenvalue weighted by Crippen LogP contribution is 2.23. The number of nitrogens with one attached hydrogen (secondary N) is 1. The van der Waals surface area contributed by atoms with Crippen molar-refractivity contribution >= 4 is 23.4 Å². The predicted molar refractivity (Wildman–Crippen MR) is 88.6 cm³/mol. The molecule has 26 heavy (non-hydrogen) atoms. The van der Waals surface area contributed by atoms with Crippen molar-refractivity contribution in [2.45, 2.75) is 39.3 Å². The molecule has 0 aliphatic heterocycles. The summed E-state index contributed by atoms with van der Waals surface area (Å²) in [5.74, 6) is -1.26. The standard InChI is InChI=1S/C15H19N3O8/c1-9(2)7-15(3,13(19)20)16-14(21)26-8-10-4-11(17(22)23)6-12(5-10)18(24)25/h4-6,9H,7-8H2,1-3H3,(H,16,21)(H,19,20)/t15-/m0/s1. The van der Waals surface area contributed by atoms with Crippen molar-refractivity contribution in [3.63, 3.8) is 0 Å². The Morgan fingerprint density at radius 3 is 2.08 bits per heavy atom. The van der Waals surface area contributed by atoms with Crippen molar-refractivity contribution in [1.29, 1.82) is 0 Å². The Labute approximate surface area is 148 Å². The van der Waals surface area contributed by atoms with E-state index in [1.54, 1.807) is 13.8 Å². The second-order valence-corrected chi connectivity index (χ2v) is 6.31. The van der Waals surface area contributed by atoms with Crippen molar-refractivity contribution in [3.8, 4) is 0 Å². The third-order valence-corrected chi connectivity index (χ3v) is 3.42. The van der Waals surface area contributed by atoms with Crippen molar-refractivity contribution in [2.75, 3.05) is 0 Å². The summed E-state index contributed by atoms with van der Waals surface area (Å²) in [6.07, 6.45) is -0.899. The lowest BCUT2D eigenvalue weighted by molar-refractivity contribution is -0.394. The van der Waals surface area contributed by atoms with Gasteiger partial charge in [-0.15, -0.1) is 0 Å². The fourth-order valence-corrected chi connectivity index (χ4v) is 2.37. The molecule has 1 amide bonds. The average Bonchev–Trinajstić information content (AvgIpc) is 2.51. The molecule has 0 saturated carbocycles. The lowest BCUT2D eigenvalue weighted by Crippen LogP contribution is -2.53. The summed E-state index contributed by atoms with van der Waals surface area (Å²) < 4.78 is 4.87. The van der Waals surface area contributed by atoms with Gasteiger partial charge in [-0.2, -0.15) is 0 Å². The molecule has 0 bridgehead atoms. The zero-order valence-corrected chi connectivity index (χ0v) is 14.4. The molecule has 0 saturated heterocycles. The number of nitro benzene ring substituents is 2. The highest BCUT2D eigenvalue weighted by Gasteiger charge is 2.36. The summed E-state index contributed by atoms with van der Waals surface area (Å²) >= 11 is 0. The Morgan fingerprint density at radius 1 is 1.19 bits per heavy atom. The Kier molecular flexibility index (Phi) is 6.58. The normalized spacial score (nSPS) is 12.9. The van der Waals surface area contributed by atoms with Crippen LogP contribution in [-0.2, 0) is 16.1 Å². The first-order valence-electron chi connectivity index (χ1n) is 7.55. The van der Waals surface area contributed by atoms with E-state index in [-0.39, 0.29) is 17.9 Å². The second-order valence-electron chi connectivity index (χ2n) is 6.31. The number of carbonyl (C=O) groups excluding carboxylic acids is 1. The molecule has 0 fully saturated rings. The number of alkyl carbamates (subject to hydrolysis) is 1. The number of carboxylic acids is 1. The van der Waals surface area contributed by atoms with Crippen molar-refractivity contribution < 1.29 is 29.3 Å². The maximum Gasteiger partial charge on any atom is 0.408 e. The highest BCUT2D eigenvalue weighted by atomic mass is 16.6. The van der Waals surface area contributed by atoms with E-state index < -0.39 is 45.4 Å². The number of aliphatic carboxylic acids is 1. The van der Waals surface area contributed by atoms with Crippen LogP contribution in [0.5, 0.6) is 0 Å². The molecule has 1 aromatic rings. The van der Waals surface area contributed by atoms with Gasteiger partial charge in [0.05, 0.1) is 15.9 Å². The van der Waals surface area contributed by atoms with Gasteiger partial charge in [0.15, 0.2) is 0 Å². The minimum atomic E-state index is -1.56. The van der Waals surface area contributed by atoms with Crippen molar-refractivity contribution in [2.24, 2.45) is 5.92 Å². The van der Waals surface area contributed by atoms with E-state index in [9.17, 15) is 34.9 Å². The number of rotatable bonds is 8. The van der Waals surface area contributed by atoms with Gasteiger partial charge >= 0.3 is 12.1 Å². The average molecular weight is 369 g/mol. The van der Waals surface area contributed by atoms with E-state index in [4.69, 9.17) is 4.74 Å². The highest BCUT2D eigenvalue weighted by molar-refractivity contribution is 5.83. The Hall–Kier alpha value is -3.24. The molecular formula is C15H19N3O8. The third kappa shape index (κ3) is 5.69. The van der Waals surface area contributed by atoms with Crippen LogP contribution in [0.3, 0.4) is 0 Å². The SMILES string of the molecule is CC(C)C[C@](C)(NC(=O)OCc1cc([N+](=O)[O-])cc([N+](=O)[O-])c1)C(=O)O. The Balaban J connectivity index is 2.88. The van der Waals surface area contributed by atoms with Crippen LogP contribution < -0.4 is 5.32 Å². The number of carboxylic acid groups (broad SMARTS) is 1. The second kappa shape index (κ2) is 8.23. The maximum atomic E-state index is 11.9. The molecule has 0 unspecified atom stereocenters. The van der Waals surface area contributed by atoms with Crippen LogP contribution >= 0.6 is 0 Å². The largest absolute Gasteiger partial charge is 0.480 e. The van der Waals surface area contributed by atoms with Crippen LogP contribution in [0, 0.1) is 26.1 Å². The minimum Gasteiger partial charge on any atom is -0.480 e. The van der Waals surface area contributed by atoms with E-state index >= 15 is 0 Å². The summed E-state index contributed by atoms with van der Waals surface area (Å²) in [5, 5.41) is 33.2. The number of hydrogen-bond acceptors (Lipinski definition) is 7. The fourth-order valence-electron chi connectivity index (χ4n) is 2.37. The summed E-state index contributed by atoms with van der Waals surface area (Å²) in [4.78, 5) is 43.3. The van der Waals surface area contributed by atoms with Gasteiger partial charge in [-0.3, -0.25) is 20.2 Å². The molecule has 0 radical (unpaired) electrons. The van der Waals surface area contributed by atoms with Gasteiger partial charge in [0.25, 0.3) is 11.4 Å². The smallest absolute Gasteiger partial charge is 0.408 e. The molecule has 0 heterocycles. The molecule has 11 nitrogen and oxygen atoms in total. The number of non-ortho nitro benzene ring substituents is 2. The third-order valence-electron chi connectivity index (χ3n) is 3.42. The van der Waals surface area contributed by atoms with E-state index in [1.807, 2.05) is 0 Å². The molecule has 1 atom stereocenters. The lowest BCUT2D eigenvalue weighted by atomic mass is 9.91. The summed E-state index contributed by atoms with van der Waals surface area (Å²) in [6.45, 7) is 4.41. The van der Waals surface area contributed by atoms with Crippen molar-refractivity contribution in [1.82, 2.24) is 5.32 Å². The van der Waals surface area contributed by atoms with Crippen LogP contribution in [0.2, 0.25) is 0 Å². The van der Waals surface area contributed by atoms with Gasteiger partial charge in [-0.05, 0) is 19.3 Å². The molecule has 0 aliphatic carbocycles. The predicted octanol–water partition coefficient (Wildman–Crippen LogP) is 2.62. The molecular weight excluding hydrogens is 350 g/mol. The fraction of sp³-hybridized carbons (Fsp3) is 0.467. The number of carbonyl (C=O) groups is 2. The lowest BCUT2D eigenvalue weighted by Gasteiger charge is -2.27. The Morgan fingerprint density at radius 2 is 1.69 bits per heavy atom. The molecule has 11 heteroatoms. The first-order valence-corrected chi connectivity index (χ1v) is 7.55. The summed E-state index contributed by atoms with van der Waals surface area (Å²) in [6, 6.07) is 2.85. The number of benzene rings is 1. The van der Waals surface area contributed by atoms with Gasteiger partial charge in [0.1, 0.15) is 12.1 Å². The van der Waals surface area contributed by atoms with E-state index in [0.29, 0.717) is 0 Å². The molecule has 1 rings (SSSR count). The molecule has 0 aliphatic rings. The monoisotopic (exact) mass is 369 g/mol. The van der Waals surface area contributed by atoms with Gasteiger partial charge in [0, 0.05) is 17.7 Å². The van der Waals surface area contributed by atoms with Gasteiger partial charge in [-0.1, -0.05) is 13.8 Å². The number of amides is 1. The van der Waals surface area contributed by atoms with E-state index in [0.717, 1.165) is 18.2 Å². The topological polar surface area (TPSA) is 162 Å². The first-order chi connectivity index (χ1) is 11.9. The molecule has 0 spiro atoms. The molecule has 2 N–H and O–H groups in total. The van der Waals surface area contributed by atoms with Crippen LogP contribution in [0.15, 0.2) is 18.2 Å².